The summed E-state index contributed by atoms with van der Waals surface area (Å²) in [5.74, 6) is 1.79. The van der Waals surface area contributed by atoms with Crippen molar-refractivity contribution in [2.24, 2.45) is 17.8 Å². The molecule has 26 heavy (non-hydrogen) atoms. The Morgan fingerprint density at radius 3 is 2.81 bits per heavy atom. The van der Waals surface area contributed by atoms with Gasteiger partial charge in [0.15, 0.2) is 11.6 Å². The Kier molecular flexibility index (Phi) is 4.27. The molecule has 2 heterocycles. The van der Waals surface area contributed by atoms with Gasteiger partial charge in [0, 0.05) is 12.6 Å². The lowest BCUT2D eigenvalue weighted by Crippen LogP contribution is -2.31. The molecule has 0 unspecified atom stereocenters. The van der Waals surface area contributed by atoms with Gasteiger partial charge in [0.2, 0.25) is 5.91 Å². The summed E-state index contributed by atoms with van der Waals surface area (Å²) in [6.45, 7) is 2.31. The zero-order valence-corrected chi connectivity index (χ0v) is 14.3. The summed E-state index contributed by atoms with van der Waals surface area (Å²) in [5.41, 5.74) is 0. The van der Waals surface area contributed by atoms with Crippen molar-refractivity contribution >= 4 is 17.6 Å². The molecule has 2 N–H and O–H groups in total. The fourth-order valence-corrected chi connectivity index (χ4v) is 3.60. The van der Waals surface area contributed by atoms with Gasteiger partial charge in [-0.05, 0) is 37.5 Å². The number of carbonyl (C=O) groups excluding carboxylic acids is 2. The van der Waals surface area contributed by atoms with E-state index in [0.717, 1.165) is 6.42 Å². The van der Waals surface area contributed by atoms with Crippen molar-refractivity contribution in [3.63, 3.8) is 0 Å². The van der Waals surface area contributed by atoms with E-state index >= 15 is 0 Å². The van der Waals surface area contributed by atoms with Gasteiger partial charge in [-0.3, -0.25) is 9.59 Å². The maximum atomic E-state index is 12.2. The van der Waals surface area contributed by atoms with E-state index in [4.69, 9.17) is 9.05 Å². The van der Waals surface area contributed by atoms with E-state index in [-0.39, 0.29) is 24.0 Å². The molecule has 2 aromatic heterocycles. The minimum atomic E-state index is -0.414. The molecule has 9 nitrogen and oxygen atoms in total. The zero-order valence-electron chi connectivity index (χ0n) is 14.3. The Morgan fingerprint density at radius 1 is 1.23 bits per heavy atom. The number of allylic oxidation sites excluding steroid dienone is 2. The summed E-state index contributed by atoms with van der Waals surface area (Å²) < 4.78 is 9.82. The third-order valence-electron chi connectivity index (χ3n) is 4.82. The summed E-state index contributed by atoms with van der Waals surface area (Å²) in [7, 11) is 0. The first-order valence-corrected chi connectivity index (χ1v) is 8.59. The number of aromatic nitrogens is 3. The molecule has 2 aliphatic rings. The van der Waals surface area contributed by atoms with Crippen molar-refractivity contribution in [1.82, 2.24) is 20.6 Å². The fraction of sp³-hybridized carbons (Fsp3) is 0.471. The Balaban J connectivity index is 1.27. The van der Waals surface area contributed by atoms with Gasteiger partial charge in [-0.25, -0.2) is 0 Å². The van der Waals surface area contributed by atoms with E-state index in [1.54, 1.807) is 13.0 Å². The third kappa shape index (κ3) is 3.51. The van der Waals surface area contributed by atoms with Gasteiger partial charge in [0.1, 0.15) is 5.76 Å². The second-order valence-corrected chi connectivity index (χ2v) is 6.81. The van der Waals surface area contributed by atoms with E-state index < -0.39 is 5.91 Å². The maximum Gasteiger partial charge on any atom is 0.315 e. The number of hydrogen-bond donors (Lipinski definition) is 2. The molecule has 0 aromatic carbocycles. The maximum absolute atomic E-state index is 12.2. The van der Waals surface area contributed by atoms with Gasteiger partial charge in [-0.1, -0.05) is 22.5 Å². The van der Waals surface area contributed by atoms with Gasteiger partial charge < -0.3 is 19.7 Å². The molecule has 0 spiro atoms. The predicted molar refractivity (Wildman–Crippen MR) is 89.0 cm³/mol. The SMILES string of the molecule is Cc1cc(NC(=O)Cc2noc(C(=O)NC[C@H]3C[C@@H]4C=C[C@H]3C4)n2)no1. The quantitative estimate of drug-likeness (QED) is 0.751. The molecule has 1 fully saturated rings. The monoisotopic (exact) mass is 357 g/mol. The van der Waals surface area contributed by atoms with Crippen molar-refractivity contribution in [2.45, 2.75) is 26.2 Å². The molecule has 0 aliphatic heterocycles. The first-order chi connectivity index (χ1) is 12.6. The molecule has 0 radical (unpaired) electrons. The van der Waals surface area contributed by atoms with E-state index in [0.29, 0.717) is 35.9 Å². The lowest BCUT2D eigenvalue weighted by molar-refractivity contribution is -0.115. The number of aryl methyl sites for hydroxylation is 1. The summed E-state index contributed by atoms with van der Waals surface area (Å²) >= 11 is 0. The number of rotatable bonds is 6. The molecule has 2 amide bonds. The number of amides is 2. The van der Waals surface area contributed by atoms with Gasteiger partial charge in [-0.2, -0.15) is 4.98 Å². The van der Waals surface area contributed by atoms with Crippen molar-refractivity contribution in [2.75, 3.05) is 11.9 Å². The van der Waals surface area contributed by atoms with Crippen molar-refractivity contribution in [3.8, 4) is 0 Å². The average molecular weight is 357 g/mol. The zero-order chi connectivity index (χ0) is 18.1. The van der Waals surface area contributed by atoms with Crippen LogP contribution in [0.15, 0.2) is 27.3 Å². The molecule has 0 saturated heterocycles. The molecule has 2 bridgehead atoms. The Hall–Kier alpha value is -2.97. The van der Waals surface area contributed by atoms with Gasteiger partial charge >= 0.3 is 11.8 Å². The first kappa shape index (κ1) is 16.5. The molecule has 3 atom stereocenters. The standard InChI is InChI=1S/C17H19N5O4/c1-9-4-13(21-25-9)19-15(23)7-14-20-17(26-22-14)16(24)18-8-12-6-10-2-3-11(12)5-10/h2-4,10-12H,5-8H2,1H3,(H,18,24)(H,19,21,23)/t10-,11+,12-/m1/s1. The van der Waals surface area contributed by atoms with Crippen LogP contribution in [0.25, 0.3) is 0 Å². The number of nitrogens with zero attached hydrogens (tertiary/aromatic N) is 3. The summed E-state index contributed by atoms with van der Waals surface area (Å²) in [4.78, 5) is 28.1. The minimum Gasteiger partial charge on any atom is -0.360 e. The molecule has 2 aromatic rings. The van der Waals surface area contributed by atoms with E-state index in [1.165, 1.54) is 6.42 Å². The van der Waals surface area contributed by atoms with Crippen molar-refractivity contribution < 1.29 is 18.6 Å². The number of fused-ring (bicyclic) bond motifs is 2. The summed E-state index contributed by atoms with van der Waals surface area (Å²) in [6, 6.07) is 1.60. The molecule has 136 valence electrons. The summed E-state index contributed by atoms with van der Waals surface area (Å²) in [6.07, 6.45) is 6.67. The third-order valence-corrected chi connectivity index (χ3v) is 4.82. The first-order valence-electron chi connectivity index (χ1n) is 8.59. The van der Waals surface area contributed by atoms with Crippen LogP contribution in [0.4, 0.5) is 5.82 Å². The molecule has 2 aliphatic carbocycles. The average Bonchev–Trinajstić information content (AvgIpc) is 3.37. The van der Waals surface area contributed by atoms with Crippen LogP contribution in [0.5, 0.6) is 0 Å². The number of carbonyl (C=O) groups is 2. The lowest BCUT2D eigenvalue weighted by atomic mass is 9.94. The highest BCUT2D eigenvalue weighted by Crippen LogP contribution is 2.42. The highest BCUT2D eigenvalue weighted by atomic mass is 16.5. The van der Waals surface area contributed by atoms with Crippen LogP contribution < -0.4 is 10.6 Å². The second-order valence-electron chi connectivity index (χ2n) is 6.81. The van der Waals surface area contributed by atoms with Gasteiger partial charge in [0.25, 0.3) is 0 Å². The second kappa shape index (κ2) is 6.74. The van der Waals surface area contributed by atoms with Crippen LogP contribution in [0.3, 0.4) is 0 Å². The highest BCUT2D eigenvalue weighted by molar-refractivity contribution is 5.91. The van der Waals surface area contributed by atoms with Crippen LogP contribution in [-0.2, 0) is 11.2 Å². The normalized spacial score (nSPS) is 23.3. The van der Waals surface area contributed by atoms with Crippen molar-refractivity contribution in [3.05, 3.63) is 35.7 Å². The largest absolute Gasteiger partial charge is 0.360 e. The van der Waals surface area contributed by atoms with Crippen LogP contribution in [0.2, 0.25) is 0 Å². The lowest BCUT2D eigenvalue weighted by Gasteiger charge is -2.17. The number of hydrogen-bond acceptors (Lipinski definition) is 7. The van der Waals surface area contributed by atoms with E-state index in [1.807, 2.05) is 0 Å². The van der Waals surface area contributed by atoms with Gasteiger partial charge in [-0.15, -0.1) is 0 Å². The van der Waals surface area contributed by atoms with Crippen LogP contribution in [0, 0.1) is 24.7 Å². The summed E-state index contributed by atoms with van der Waals surface area (Å²) in [5, 5.41) is 12.7. The molecule has 4 rings (SSSR count). The number of nitrogens with one attached hydrogen (secondary N) is 2. The molecule has 1 saturated carbocycles. The molecular formula is C17H19N5O4. The Labute approximate surface area is 149 Å². The van der Waals surface area contributed by atoms with Crippen LogP contribution in [-0.4, -0.2) is 33.7 Å². The predicted octanol–water partition coefficient (Wildman–Crippen LogP) is 1.49. The van der Waals surface area contributed by atoms with Gasteiger partial charge in [0.05, 0.1) is 6.42 Å². The molecule has 9 heteroatoms. The smallest absolute Gasteiger partial charge is 0.315 e. The van der Waals surface area contributed by atoms with Crippen LogP contribution in [0.1, 0.15) is 35.1 Å². The van der Waals surface area contributed by atoms with Crippen LogP contribution >= 0.6 is 0 Å². The topological polar surface area (TPSA) is 123 Å². The van der Waals surface area contributed by atoms with E-state index in [9.17, 15) is 9.59 Å². The number of anilines is 1. The molecular weight excluding hydrogens is 338 g/mol. The highest BCUT2D eigenvalue weighted by Gasteiger charge is 2.35. The van der Waals surface area contributed by atoms with Crippen molar-refractivity contribution in [1.29, 1.82) is 0 Å². The Bertz CT molecular complexity index is 855. The van der Waals surface area contributed by atoms with E-state index in [2.05, 4.69) is 38.1 Å². The Morgan fingerprint density at radius 2 is 2.12 bits per heavy atom. The fourth-order valence-electron chi connectivity index (χ4n) is 3.60. The minimum absolute atomic E-state index is 0.125.